The van der Waals surface area contributed by atoms with E-state index in [4.69, 9.17) is 16.3 Å². The van der Waals surface area contributed by atoms with E-state index in [1.54, 1.807) is 12.1 Å². The monoisotopic (exact) mass is 470 g/mol. The van der Waals surface area contributed by atoms with Gasteiger partial charge in [0, 0.05) is 12.1 Å². The third-order valence-electron chi connectivity index (χ3n) is 5.10. The molecule has 2 aromatic carbocycles. The summed E-state index contributed by atoms with van der Waals surface area (Å²) >= 11 is 5.96. The van der Waals surface area contributed by atoms with Crippen molar-refractivity contribution >= 4 is 27.5 Å². The molecular weight excluding hydrogens is 447 g/mol. The van der Waals surface area contributed by atoms with Gasteiger partial charge in [0.1, 0.15) is 16.8 Å². The summed E-state index contributed by atoms with van der Waals surface area (Å²) in [6.07, 6.45) is 0.644. The first-order valence-corrected chi connectivity index (χ1v) is 11.7. The topological polar surface area (TPSA) is 105 Å². The Morgan fingerprint density at radius 2 is 1.87 bits per heavy atom. The summed E-state index contributed by atoms with van der Waals surface area (Å²) in [6.45, 7) is -0.154. The fraction of sp³-hybridized carbons (Fsp3) is 0.381. The highest BCUT2D eigenvalue weighted by Gasteiger charge is 2.32. The Hall–Kier alpha value is -2.04. The maximum Gasteiger partial charge on any atom is 0.251 e. The van der Waals surface area contributed by atoms with Crippen LogP contribution in [-0.2, 0) is 14.8 Å². The van der Waals surface area contributed by atoms with Crippen molar-refractivity contribution in [2.24, 2.45) is 0 Å². The highest BCUT2D eigenvalue weighted by Crippen LogP contribution is 2.23. The standard InChI is InChI=1S/C21H24ClFN2O5S/c22-17-3-1-2-4-20(17)31(28,29)24-12-11-16-9-10-18(19(13-26)30-16)25-21(27)14-5-7-15(23)8-6-14/h1-8,16,18-19,24,26H,9-13H2,(H,25,27)/t16-,18-,19+/m1/s1. The number of hydrogen-bond acceptors (Lipinski definition) is 5. The van der Waals surface area contributed by atoms with Gasteiger partial charge in [-0.2, -0.15) is 0 Å². The summed E-state index contributed by atoms with van der Waals surface area (Å²) < 4.78 is 46.2. The highest BCUT2D eigenvalue weighted by molar-refractivity contribution is 7.89. The molecule has 1 aliphatic rings. The number of nitrogens with one attached hydrogen (secondary N) is 2. The van der Waals surface area contributed by atoms with Crippen LogP contribution in [0.1, 0.15) is 29.6 Å². The number of aliphatic hydroxyl groups is 1. The van der Waals surface area contributed by atoms with Crippen molar-refractivity contribution in [1.82, 2.24) is 10.0 Å². The molecule has 1 saturated heterocycles. The molecule has 0 saturated carbocycles. The van der Waals surface area contributed by atoms with Crippen molar-refractivity contribution in [2.75, 3.05) is 13.2 Å². The summed E-state index contributed by atoms with van der Waals surface area (Å²) in [5.41, 5.74) is 0.314. The fourth-order valence-electron chi connectivity index (χ4n) is 3.46. The molecule has 0 unspecified atom stereocenters. The molecule has 2 aromatic rings. The minimum absolute atomic E-state index is 0.0121. The zero-order valence-corrected chi connectivity index (χ0v) is 18.2. The zero-order chi connectivity index (χ0) is 22.4. The van der Waals surface area contributed by atoms with E-state index in [9.17, 15) is 22.7 Å². The Labute approximate surface area is 185 Å². The molecule has 3 N–H and O–H groups in total. The van der Waals surface area contributed by atoms with Gasteiger partial charge >= 0.3 is 0 Å². The van der Waals surface area contributed by atoms with Crippen LogP contribution in [-0.4, -0.2) is 50.8 Å². The van der Waals surface area contributed by atoms with Gasteiger partial charge in [0.25, 0.3) is 5.91 Å². The lowest BCUT2D eigenvalue weighted by Gasteiger charge is -2.36. The van der Waals surface area contributed by atoms with Crippen molar-refractivity contribution in [3.8, 4) is 0 Å². The molecule has 1 fully saturated rings. The van der Waals surface area contributed by atoms with Gasteiger partial charge in [0.05, 0.1) is 23.8 Å². The molecule has 1 heterocycles. The van der Waals surface area contributed by atoms with Crippen LogP contribution in [0.25, 0.3) is 0 Å². The van der Waals surface area contributed by atoms with E-state index in [0.29, 0.717) is 24.8 Å². The SMILES string of the molecule is O=C(N[C@@H]1CC[C@H](CCNS(=O)(=O)c2ccccc2Cl)O[C@H]1CO)c1ccc(F)cc1. The lowest BCUT2D eigenvalue weighted by Crippen LogP contribution is -2.51. The Balaban J connectivity index is 1.51. The van der Waals surface area contributed by atoms with Gasteiger partial charge in [-0.15, -0.1) is 0 Å². The largest absolute Gasteiger partial charge is 0.394 e. The van der Waals surface area contributed by atoms with Gasteiger partial charge in [-0.1, -0.05) is 23.7 Å². The minimum atomic E-state index is -3.74. The number of sulfonamides is 1. The van der Waals surface area contributed by atoms with Crippen molar-refractivity contribution < 1.29 is 27.4 Å². The molecule has 0 spiro atoms. The molecule has 7 nitrogen and oxygen atoms in total. The Morgan fingerprint density at radius 3 is 2.55 bits per heavy atom. The third kappa shape index (κ3) is 6.24. The second-order valence-corrected chi connectivity index (χ2v) is 9.40. The number of carbonyl (C=O) groups excluding carboxylic acids is 1. The highest BCUT2D eigenvalue weighted by atomic mass is 35.5. The predicted molar refractivity (Wildman–Crippen MR) is 114 cm³/mol. The van der Waals surface area contributed by atoms with Gasteiger partial charge in [-0.05, 0) is 55.7 Å². The number of aliphatic hydroxyl groups excluding tert-OH is 1. The van der Waals surface area contributed by atoms with E-state index in [1.807, 2.05) is 0 Å². The molecule has 1 aliphatic heterocycles. The number of hydrogen-bond donors (Lipinski definition) is 3. The second-order valence-electron chi connectivity index (χ2n) is 7.26. The molecule has 3 atom stereocenters. The van der Waals surface area contributed by atoms with Crippen LogP contribution in [0.4, 0.5) is 4.39 Å². The third-order valence-corrected chi connectivity index (χ3v) is 7.06. The first kappa shape index (κ1) is 23.6. The summed E-state index contributed by atoms with van der Waals surface area (Å²) in [5, 5.41) is 12.6. The van der Waals surface area contributed by atoms with E-state index in [2.05, 4.69) is 10.0 Å². The van der Waals surface area contributed by atoms with Gasteiger partial charge in [-0.3, -0.25) is 4.79 Å². The number of carbonyl (C=O) groups is 1. The lowest BCUT2D eigenvalue weighted by molar-refractivity contribution is -0.0891. The summed E-state index contributed by atoms with van der Waals surface area (Å²) in [6, 6.07) is 11.0. The Kier molecular flexibility index (Phi) is 8.01. The van der Waals surface area contributed by atoms with Crippen molar-refractivity contribution in [3.05, 3.63) is 64.9 Å². The number of amides is 1. The van der Waals surface area contributed by atoms with E-state index in [-0.39, 0.29) is 35.1 Å². The van der Waals surface area contributed by atoms with Gasteiger partial charge in [0.15, 0.2) is 0 Å². The van der Waals surface area contributed by atoms with Crippen LogP contribution >= 0.6 is 11.6 Å². The quantitative estimate of drug-likeness (QED) is 0.549. The molecule has 168 valence electrons. The molecule has 31 heavy (non-hydrogen) atoms. The minimum Gasteiger partial charge on any atom is -0.394 e. The predicted octanol–water partition coefficient (Wildman–Crippen LogP) is 2.49. The Morgan fingerprint density at radius 1 is 1.16 bits per heavy atom. The normalized spacial score (nSPS) is 21.6. The number of benzene rings is 2. The molecule has 0 aromatic heterocycles. The van der Waals surface area contributed by atoms with Crippen LogP contribution in [0, 0.1) is 5.82 Å². The van der Waals surface area contributed by atoms with Crippen molar-refractivity contribution in [2.45, 2.75) is 42.4 Å². The van der Waals surface area contributed by atoms with Gasteiger partial charge in [-0.25, -0.2) is 17.5 Å². The van der Waals surface area contributed by atoms with E-state index in [0.717, 1.165) is 0 Å². The molecule has 1 amide bonds. The van der Waals surface area contributed by atoms with E-state index < -0.39 is 28.0 Å². The van der Waals surface area contributed by atoms with Crippen LogP contribution in [0.5, 0.6) is 0 Å². The van der Waals surface area contributed by atoms with Crippen LogP contribution < -0.4 is 10.0 Å². The van der Waals surface area contributed by atoms with Crippen LogP contribution in [0.15, 0.2) is 53.4 Å². The Bertz CT molecular complexity index is 1000. The first-order valence-electron chi connectivity index (χ1n) is 9.87. The summed E-state index contributed by atoms with van der Waals surface area (Å²) in [7, 11) is -3.74. The summed E-state index contributed by atoms with van der Waals surface area (Å²) in [5.74, 6) is -0.809. The average molecular weight is 471 g/mol. The number of rotatable bonds is 8. The number of halogens is 2. The maximum absolute atomic E-state index is 13.0. The lowest BCUT2D eigenvalue weighted by atomic mass is 9.97. The molecule has 0 aliphatic carbocycles. The molecule has 0 bridgehead atoms. The van der Waals surface area contributed by atoms with Gasteiger partial charge < -0.3 is 15.2 Å². The maximum atomic E-state index is 13.0. The zero-order valence-electron chi connectivity index (χ0n) is 16.6. The average Bonchev–Trinajstić information content (AvgIpc) is 2.75. The summed E-state index contributed by atoms with van der Waals surface area (Å²) in [4.78, 5) is 12.4. The first-order chi connectivity index (χ1) is 14.8. The number of ether oxygens (including phenoxy) is 1. The van der Waals surface area contributed by atoms with Crippen molar-refractivity contribution in [3.63, 3.8) is 0 Å². The van der Waals surface area contributed by atoms with Crippen LogP contribution in [0.2, 0.25) is 5.02 Å². The van der Waals surface area contributed by atoms with Gasteiger partial charge in [0.2, 0.25) is 10.0 Å². The smallest absolute Gasteiger partial charge is 0.251 e. The molecule has 10 heteroatoms. The fourth-order valence-corrected chi connectivity index (χ4v) is 5.02. The second kappa shape index (κ2) is 10.5. The van der Waals surface area contributed by atoms with E-state index >= 15 is 0 Å². The molecular formula is C21H24ClFN2O5S. The molecule has 0 radical (unpaired) electrons. The van der Waals surface area contributed by atoms with Crippen molar-refractivity contribution in [1.29, 1.82) is 0 Å². The van der Waals surface area contributed by atoms with Crippen LogP contribution in [0.3, 0.4) is 0 Å². The molecule has 3 rings (SSSR count). The van der Waals surface area contributed by atoms with E-state index in [1.165, 1.54) is 36.4 Å².